The average molecular weight is 252 g/mol. The fraction of sp³-hybridized carbons (Fsp3) is 0.182. The number of para-hydroxylation sites is 1. The summed E-state index contributed by atoms with van der Waals surface area (Å²) in [7, 11) is -3.34. The summed E-state index contributed by atoms with van der Waals surface area (Å²) in [5.74, 6) is -0.257. The molecule has 6 heteroatoms. The summed E-state index contributed by atoms with van der Waals surface area (Å²) in [5.41, 5.74) is 1.35. The average Bonchev–Trinajstić information content (AvgIpc) is 2.68. The van der Waals surface area contributed by atoms with Crippen LogP contribution in [0.15, 0.2) is 30.5 Å². The van der Waals surface area contributed by atoms with Crippen LogP contribution < -0.4 is 4.72 Å². The van der Waals surface area contributed by atoms with Crippen LogP contribution in [0.4, 0.5) is 0 Å². The Labute approximate surface area is 98.9 Å². The minimum atomic E-state index is -3.34. The van der Waals surface area contributed by atoms with Crippen molar-refractivity contribution in [1.82, 2.24) is 9.71 Å². The predicted octanol–water partition coefficient (Wildman–Crippen LogP) is 0.900. The quantitative estimate of drug-likeness (QED) is 0.793. The number of carbonyl (C=O) groups excluding carboxylic acids is 1. The maximum Gasteiger partial charge on any atom is 0.209 e. The molecule has 0 radical (unpaired) electrons. The number of benzene rings is 1. The van der Waals surface area contributed by atoms with E-state index >= 15 is 0 Å². The van der Waals surface area contributed by atoms with E-state index in [-0.39, 0.29) is 12.3 Å². The van der Waals surface area contributed by atoms with E-state index in [4.69, 9.17) is 0 Å². The van der Waals surface area contributed by atoms with Gasteiger partial charge in [-0.1, -0.05) is 18.2 Å². The maximum absolute atomic E-state index is 11.8. The molecular weight excluding hydrogens is 240 g/mol. The molecule has 0 aliphatic rings. The fourth-order valence-corrected chi connectivity index (χ4v) is 1.99. The number of aromatic amines is 1. The van der Waals surface area contributed by atoms with Gasteiger partial charge in [0.25, 0.3) is 0 Å². The molecule has 2 N–H and O–H groups in total. The number of rotatable bonds is 4. The molecule has 1 aromatic carbocycles. The van der Waals surface area contributed by atoms with Crippen molar-refractivity contribution in [2.45, 2.75) is 0 Å². The molecule has 2 rings (SSSR count). The standard InChI is InChI=1S/C11H12N2O3S/c1-17(15,16)13-7-11(14)9-6-12-10-5-3-2-4-8(9)10/h2-6,12-13H,7H2,1H3. The Morgan fingerprint density at radius 1 is 1.35 bits per heavy atom. The van der Waals surface area contributed by atoms with Gasteiger partial charge in [0.15, 0.2) is 5.78 Å². The van der Waals surface area contributed by atoms with Crippen LogP contribution in [0.3, 0.4) is 0 Å². The molecule has 2 aromatic rings. The van der Waals surface area contributed by atoms with Crippen molar-refractivity contribution in [1.29, 1.82) is 0 Å². The topological polar surface area (TPSA) is 79.0 Å². The Balaban J connectivity index is 2.25. The second-order valence-electron chi connectivity index (χ2n) is 3.76. The van der Waals surface area contributed by atoms with E-state index < -0.39 is 10.0 Å². The number of sulfonamides is 1. The Morgan fingerprint density at radius 3 is 2.76 bits per heavy atom. The molecule has 0 spiro atoms. The van der Waals surface area contributed by atoms with Gasteiger partial charge in [-0.25, -0.2) is 13.1 Å². The van der Waals surface area contributed by atoms with Gasteiger partial charge < -0.3 is 4.98 Å². The van der Waals surface area contributed by atoms with Crippen molar-refractivity contribution in [2.24, 2.45) is 0 Å². The van der Waals surface area contributed by atoms with Crippen molar-refractivity contribution in [3.05, 3.63) is 36.0 Å². The Bertz CT molecular complexity index is 658. The lowest BCUT2D eigenvalue weighted by atomic mass is 10.1. The van der Waals surface area contributed by atoms with Crippen molar-refractivity contribution in [3.63, 3.8) is 0 Å². The van der Waals surface area contributed by atoms with Gasteiger partial charge in [-0.2, -0.15) is 0 Å². The van der Waals surface area contributed by atoms with Crippen LogP contribution in [0.1, 0.15) is 10.4 Å². The van der Waals surface area contributed by atoms with E-state index in [0.29, 0.717) is 5.56 Å². The van der Waals surface area contributed by atoms with Gasteiger partial charge in [0.2, 0.25) is 10.0 Å². The summed E-state index contributed by atoms with van der Waals surface area (Å²) in [6.45, 7) is -0.222. The van der Waals surface area contributed by atoms with Crippen molar-refractivity contribution < 1.29 is 13.2 Å². The number of carbonyl (C=O) groups is 1. The predicted molar refractivity (Wildman–Crippen MR) is 65.5 cm³/mol. The SMILES string of the molecule is CS(=O)(=O)NCC(=O)c1c[nH]c2ccccc12. The van der Waals surface area contributed by atoms with Crippen LogP contribution in [0, 0.1) is 0 Å². The molecule has 0 aliphatic carbocycles. The summed E-state index contributed by atoms with van der Waals surface area (Å²) in [6, 6.07) is 7.37. The highest BCUT2D eigenvalue weighted by Crippen LogP contribution is 2.17. The number of hydrogen-bond acceptors (Lipinski definition) is 3. The van der Waals surface area contributed by atoms with Gasteiger partial charge in [-0.05, 0) is 6.07 Å². The van der Waals surface area contributed by atoms with E-state index in [1.54, 1.807) is 6.20 Å². The first-order valence-electron chi connectivity index (χ1n) is 5.01. The lowest BCUT2D eigenvalue weighted by Crippen LogP contribution is -2.28. The number of aromatic nitrogens is 1. The molecule has 17 heavy (non-hydrogen) atoms. The molecule has 0 saturated heterocycles. The third kappa shape index (κ3) is 2.72. The Hall–Kier alpha value is -1.66. The Morgan fingerprint density at radius 2 is 2.06 bits per heavy atom. The maximum atomic E-state index is 11.8. The van der Waals surface area contributed by atoms with Crippen LogP contribution in [0.25, 0.3) is 10.9 Å². The van der Waals surface area contributed by atoms with Crippen LogP contribution >= 0.6 is 0 Å². The molecule has 0 saturated carbocycles. The monoisotopic (exact) mass is 252 g/mol. The molecular formula is C11H12N2O3S. The molecule has 0 amide bonds. The van der Waals surface area contributed by atoms with Gasteiger partial charge in [-0.15, -0.1) is 0 Å². The van der Waals surface area contributed by atoms with Crippen LogP contribution in [0.2, 0.25) is 0 Å². The van der Waals surface area contributed by atoms with Crippen LogP contribution in [0.5, 0.6) is 0 Å². The van der Waals surface area contributed by atoms with Crippen molar-refractivity contribution >= 4 is 26.7 Å². The number of ketones is 1. The molecule has 0 unspecified atom stereocenters. The van der Waals surface area contributed by atoms with Gasteiger partial charge in [0.05, 0.1) is 12.8 Å². The van der Waals surface area contributed by atoms with Crippen molar-refractivity contribution in [2.75, 3.05) is 12.8 Å². The number of fused-ring (bicyclic) bond motifs is 1. The summed E-state index contributed by atoms with van der Waals surface area (Å²) in [4.78, 5) is 14.8. The molecule has 0 bridgehead atoms. The van der Waals surface area contributed by atoms with Crippen molar-refractivity contribution in [3.8, 4) is 0 Å². The van der Waals surface area contributed by atoms with Gasteiger partial charge in [0.1, 0.15) is 0 Å². The molecule has 0 atom stereocenters. The van der Waals surface area contributed by atoms with E-state index in [9.17, 15) is 13.2 Å². The largest absolute Gasteiger partial charge is 0.360 e. The fourth-order valence-electron chi connectivity index (χ4n) is 1.59. The van der Waals surface area contributed by atoms with Crippen LogP contribution in [-0.4, -0.2) is 32.0 Å². The Kier molecular flexibility index (Phi) is 2.99. The first-order valence-corrected chi connectivity index (χ1v) is 6.90. The zero-order valence-corrected chi connectivity index (χ0v) is 10.0. The highest BCUT2D eigenvalue weighted by atomic mass is 32.2. The highest BCUT2D eigenvalue weighted by molar-refractivity contribution is 7.88. The lowest BCUT2D eigenvalue weighted by molar-refractivity contribution is 0.0998. The zero-order valence-electron chi connectivity index (χ0n) is 9.23. The van der Waals surface area contributed by atoms with E-state index in [1.807, 2.05) is 24.3 Å². The molecule has 1 aromatic heterocycles. The number of H-pyrrole nitrogens is 1. The smallest absolute Gasteiger partial charge is 0.209 e. The zero-order chi connectivity index (χ0) is 12.5. The number of hydrogen-bond donors (Lipinski definition) is 2. The minimum absolute atomic E-state index is 0.222. The van der Waals surface area contributed by atoms with Gasteiger partial charge >= 0.3 is 0 Å². The number of nitrogens with one attached hydrogen (secondary N) is 2. The molecule has 1 heterocycles. The van der Waals surface area contributed by atoms with Gasteiger partial charge in [-0.3, -0.25) is 4.79 Å². The molecule has 0 fully saturated rings. The third-order valence-corrected chi connectivity index (χ3v) is 3.05. The normalized spacial score (nSPS) is 11.8. The van der Waals surface area contributed by atoms with E-state index in [1.165, 1.54) is 0 Å². The highest BCUT2D eigenvalue weighted by Gasteiger charge is 2.13. The first kappa shape index (κ1) is 11.8. The van der Waals surface area contributed by atoms with E-state index in [2.05, 4.69) is 9.71 Å². The first-order chi connectivity index (χ1) is 7.97. The molecule has 90 valence electrons. The summed E-state index contributed by atoms with van der Waals surface area (Å²) in [5, 5.41) is 0.799. The van der Waals surface area contributed by atoms with Crippen LogP contribution in [-0.2, 0) is 10.0 Å². The minimum Gasteiger partial charge on any atom is -0.360 e. The lowest BCUT2D eigenvalue weighted by Gasteiger charge is -2.00. The summed E-state index contributed by atoms with van der Waals surface area (Å²) < 4.78 is 24.0. The summed E-state index contributed by atoms with van der Waals surface area (Å²) in [6.07, 6.45) is 2.62. The second-order valence-corrected chi connectivity index (χ2v) is 5.60. The molecule has 0 aliphatic heterocycles. The second kappa shape index (κ2) is 4.31. The summed E-state index contributed by atoms with van der Waals surface area (Å²) >= 11 is 0. The third-order valence-electron chi connectivity index (χ3n) is 2.38. The van der Waals surface area contributed by atoms with E-state index in [0.717, 1.165) is 17.2 Å². The molecule has 5 nitrogen and oxygen atoms in total. The van der Waals surface area contributed by atoms with Gasteiger partial charge in [0, 0.05) is 22.7 Å². The number of Topliss-reactive ketones (excluding diaryl/α,β-unsaturated/α-hetero) is 1.